The number of hydrogen-bond acceptors (Lipinski definition) is 4. The monoisotopic (exact) mass is 269 g/mol. The van der Waals surface area contributed by atoms with Crippen molar-refractivity contribution in [1.29, 1.82) is 0 Å². The number of hydrogen-bond donors (Lipinski definition) is 0. The first kappa shape index (κ1) is 12.1. The van der Waals surface area contributed by atoms with Crippen molar-refractivity contribution >= 4 is 0 Å². The standard InChI is InChI=1S/C16H19N3O/c1-2-4-12(5-3-1)10-19(14-8-9-14)11-15-17-18-16(20-15)13-6-7-13/h1-5,13-14H,6-11H2. The molecule has 0 N–H and O–H groups in total. The number of benzene rings is 1. The first-order valence-corrected chi connectivity index (χ1v) is 7.49. The Bertz CT molecular complexity index is 572. The molecule has 4 rings (SSSR count). The molecule has 0 aliphatic heterocycles. The van der Waals surface area contributed by atoms with Gasteiger partial charge in [0.25, 0.3) is 0 Å². The van der Waals surface area contributed by atoms with Gasteiger partial charge in [-0.2, -0.15) is 0 Å². The molecule has 4 heteroatoms. The van der Waals surface area contributed by atoms with Gasteiger partial charge in [-0.15, -0.1) is 10.2 Å². The van der Waals surface area contributed by atoms with Crippen LogP contribution in [0.25, 0.3) is 0 Å². The maximum Gasteiger partial charge on any atom is 0.230 e. The lowest BCUT2D eigenvalue weighted by Crippen LogP contribution is -2.25. The highest BCUT2D eigenvalue weighted by Crippen LogP contribution is 2.39. The third kappa shape index (κ3) is 2.75. The molecule has 2 aromatic rings. The van der Waals surface area contributed by atoms with Crippen LogP contribution in [0.2, 0.25) is 0 Å². The Labute approximate surface area is 118 Å². The molecule has 2 aliphatic carbocycles. The lowest BCUT2D eigenvalue weighted by atomic mass is 10.2. The zero-order valence-corrected chi connectivity index (χ0v) is 11.5. The van der Waals surface area contributed by atoms with E-state index in [0.29, 0.717) is 12.0 Å². The molecule has 0 amide bonds. The van der Waals surface area contributed by atoms with Crippen molar-refractivity contribution in [2.45, 2.75) is 50.7 Å². The molecule has 0 spiro atoms. The van der Waals surface area contributed by atoms with Gasteiger partial charge in [-0.25, -0.2) is 0 Å². The van der Waals surface area contributed by atoms with Crippen LogP contribution in [0, 0.1) is 0 Å². The smallest absolute Gasteiger partial charge is 0.230 e. The van der Waals surface area contributed by atoms with E-state index in [0.717, 1.165) is 24.9 Å². The molecule has 0 saturated heterocycles. The SMILES string of the molecule is c1ccc(CN(Cc2nnc(C3CC3)o2)C2CC2)cc1. The van der Waals surface area contributed by atoms with E-state index in [-0.39, 0.29) is 0 Å². The first-order chi connectivity index (χ1) is 9.88. The third-order valence-corrected chi connectivity index (χ3v) is 4.04. The molecule has 0 unspecified atom stereocenters. The van der Waals surface area contributed by atoms with Crippen molar-refractivity contribution < 1.29 is 4.42 Å². The largest absolute Gasteiger partial charge is 0.424 e. The predicted molar refractivity (Wildman–Crippen MR) is 75.0 cm³/mol. The van der Waals surface area contributed by atoms with Gasteiger partial charge in [-0.1, -0.05) is 30.3 Å². The van der Waals surface area contributed by atoms with E-state index in [4.69, 9.17) is 4.42 Å². The average Bonchev–Trinajstić information content (AvgIpc) is 3.39. The highest BCUT2D eigenvalue weighted by Gasteiger charge is 2.32. The van der Waals surface area contributed by atoms with Gasteiger partial charge < -0.3 is 4.42 Å². The molecule has 2 fully saturated rings. The van der Waals surface area contributed by atoms with Crippen molar-refractivity contribution in [1.82, 2.24) is 15.1 Å². The van der Waals surface area contributed by atoms with Crippen LogP contribution < -0.4 is 0 Å². The molecule has 4 nitrogen and oxygen atoms in total. The summed E-state index contributed by atoms with van der Waals surface area (Å²) >= 11 is 0. The second kappa shape index (κ2) is 5.02. The summed E-state index contributed by atoms with van der Waals surface area (Å²) in [6.07, 6.45) is 4.99. The van der Waals surface area contributed by atoms with Gasteiger partial charge in [0.15, 0.2) is 0 Å². The number of rotatable bonds is 6. The lowest BCUT2D eigenvalue weighted by molar-refractivity contribution is 0.218. The highest BCUT2D eigenvalue weighted by atomic mass is 16.4. The minimum Gasteiger partial charge on any atom is -0.424 e. The Hall–Kier alpha value is -1.68. The Balaban J connectivity index is 1.45. The molecule has 104 valence electrons. The Morgan fingerprint density at radius 2 is 1.80 bits per heavy atom. The van der Waals surface area contributed by atoms with Crippen molar-refractivity contribution in [3.63, 3.8) is 0 Å². The third-order valence-electron chi connectivity index (χ3n) is 4.04. The molecular formula is C16H19N3O. The van der Waals surface area contributed by atoms with E-state index in [9.17, 15) is 0 Å². The Kier molecular flexibility index (Phi) is 3.03. The average molecular weight is 269 g/mol. The van der Waals surface area contributed by atoms with Gasteiger partial charge in [0.1, 0.15) is 0 Å². The molecule has 1 aromatic carbocycles. The fourth-order valence-electron chi connectivity index (χ4n) is 2.57. The van der Waals surface area contributed by atoms with Gasteiger partial charge in [0, 0.05) is 18.5 Å². The molecule has 1 heterocycles. The Morgan fingerprint density at radius 3 is 2.50 bits per heavy atom. The van der Waals surface area contributed by atoms with E-state index in [1.165, 1.54) is 31.2 Å². The summed E-state index contributed by atoms with van der Waals surface area (Å²) in [6.45, 7) is 1.74. The van der Waals surface area contributed by atoms with Crippen LogP contribution in [0.5, 0.6) is 0 Å². The highest BCUT2D eigenvalue weighted by molar-refractivity contribution is 5.15. The fourth-order valence-corrected chi connectivity index (χ4v) is 2.57. The maximum absolute atomic E-state index is 5.79. The van der Waals surface area contributed by atoms with Crippen molar-refractivity contribution in [3.05, 3.63) is 47.7 Å². The minimum atomic E-state index is 0.541. The summed E-state index contributed by atoms with van der Waals surface area (Å²) in [4.78, 5) is 2.46. The minimum absolute atomic E-state index is 0.541. The maximum atomic E-state index is 5.79. The van der Waals surface area contributed by atoms with E-state index in [1.54, 1.807) is 0 Å². The van der Waals surface area contributed by atoms with Crippen LogP contribution in [0.1, 0.15) is 48.9 Å². The molecule has 2 aliphatic rings. The predicted octanol–water partition coefficient (Wildman–Crippen LogP) is 3.11. The van der Waals surface area contributed by atoms with Gasteiger partial charge in [-0.05, 0) is 31.2 Å². The Morgan fingerprint density at radius 1 is 1.00 bits per heavy atom. The van der Waals surface area contributed by atoms with E-state index < -0.39 is 0 Å². The fraction of sp³-hybridized carbons (Fsp3) is 0.500. The zero-order valence-electron chi connectivity index (χ0n) is 11.5. The van der Waals surface area contributed by atoms with E-state index in [2.05, 4.69) is 45.4 Å². The van der Waals surface area contributed by atoms with Gasteiger partial charge in [-0.3, -0.25) is 4.90 Å². The number of nitrogens with zero attached hydrogens (tertiary/aromatic N) is 3. The van der Waals surface area contributed by atoms with Crippen molar-refractivity contribution in [3.8, 4) is 0 Å². The van der Waals surface area contributed by atoms with Crippen LogP contribution in [0.15, 0.2) is 34.7 Å². The van der Waals surface area contributed by atoms with E-state index in [1.807, 2.05) is 0 Å². The summed E-state index contributed by atoms with van der Waals surface area (Å²) in [5, 5.41) is 8.39. The van der Waals surface area contributed by atoms with Crippen molar-refractivity contribution in [2.24, 2.45) is 0 Å². The summed E-state index contributed by atoms with van der Waals surface area (Å²) in [5.74, 6) is 2.16. The lowest BCUT2D eigenvalue weighted by Gasteiger charge is -2.19. The quantitative estimate of drug-likeness (QED) is 0.808. The second-order valence-corrected chi connectivity index (χ2v) is 5.93. The first-order valence-electron chi connectivity index (χ1n) is 7.49. The normalized spacial score (nSPS) is 18.6. The van der Waals surface area contributed by atoms with Crippen LogP contribution in [-0.4, -0.2) is 21.1 Å². The van der Waals surface area contributed by atoms with E-state index >= 15 is 0 Å². The second-order valence-electron chi connectivity index (χ2n) is 5.93. The van der Waals surface area contributed by atoms with Crippen LogP contribution in [-0.2, 0) is 13.1 Å². The molecular weight excluding hydrogens is 250 g/mol. The van der Waals surface area contributed by atoms with Crippen LogP contribution in [0.4, 0.5) is 0 Å². The summed E-state index contributed by atoms with van der Waals surface area (Å²) < 4.78 is 5.79. The van der Waals surface area contributed by atoms with Gasteiger partial charge >= 0.3 is 0 Å². The molecule has 0 atom stereocenters. The summed E-state index contributed by atoms with van der Waals surface area (Å²) in [5.41, 5.74) is 1.35. The van der Waals surface area contributed by atoms with Crippen LogP contribution >= 0.6 is 0 Å². The van der Waals surface area contributed by atoms with Crippen molar-refractivity contribution in [2.75, 3.05) is 0 Å². The molecule has 1 aromatic heterocycles. The van der Waals surface area contributed by atoms with Gasteiger partial charge in [0.2, 0.25) is 11.8 Å². The topological polar surface area (TPSA) is 42.2 Å². The zero-order chi connectivity index (χ0) is 13.4. The number of aromatic nitrogens is 2. The molecule has 2 saturated carbocycles. The molecule has 0 bridgehead atoms. The van der Waals surface area contributed by atoms with Gasteiger partial charge in [0.05, 0.1) is 6.54 Å². The molecule has 0 radical (unpaired) electrons. The molecule has 20 heavy (non-hydrogen) atoms. The van der Waals surface area contributed by atoms with Crippen LogP contribution in [0.3, 0.4) is 0 Å². The summed E-state index contributed by atoms with van der Waals surface area (Å²) in [6, 6.07) is 11.3. The summed E-state index contributed by atoms with van der Waals surface area (Å²) in [7, 11) is 0.